The number of amides is 1. The third kappa shape index (κ3) is 3.95. The van der Waals surface area contributed by atoms with E-state index in [1.165, 1.54) is 32.1 Å². The fraction of sp³-hybridized carbons (Fsp3) is 0.929. The molecule has 1 aliphatic heterocycles. The van der Waals surface area contributed by atoms with Crippen LogP contribution >= 0.6 is 0 Å². The van der Waals surface area contributed by atoms with Gasteiger partial charge in [0.15, 0.2) is 0 Å². The SMILES string of the molecule is NCC1CCCCN1CC(=O)NC1CCCCC1. The van der Waals surface area contributed by atoms with Gasteiger partial charge in [-0.25, -0.2) is 0 Å². The van der Waals surface area contributed by atoms with Gasteiger partial charge in [0.25, 0.3) is 0 Å². The molecule has 0 aromatic heterocycles. The molecule has 2 rings (SSSR count). The van der Waals surface area contributed by atoms with Crippen LogP contribution in [0.3, 0.4) is 0 Å². The van der Waals surface area contributed by atoms with Crippen LogP contribution in [0.5, 0.6) is 0 Å². The molecule has 3 N–H and O–H groups in total. The third-order valence-electron chi connectivity index (χ3n) is 4.34. The Labute approximate surface area is 110 Å². The van der Waals surface area contributed by atoms with Crippen molar-refractivity contribution in [3.05, 3.63) is 0 Å². The smallest absolute Gasteiger partial charge is 0.234 e. The van der Waals surface area contributed by atoms with E-state index in [-0.39, 0.29) is 5.91 Å². The molecule has 1 heterocycles. The average Bonchev–Trinajstić information content (AvgIpc) is 2.40. The Morgan fingerprint density at radius 2 is 1.83 bits per heavy atom. The highest BCUT2D eigenvalue weighted by atomic mass is 16.2. The Balaban J connectivity index is 1.75. The molecule has 0 bridgehead atoms. The summed E-state index contributed by atoms with van der Waals surface area (Å²) in [6, 6.07) is 0.836. The molecular formula is C14H27N3O. The van der Waals surface area contributed by atoms with Gasteiger partial charge < -0.3 is 11.1 Å². The molecular weight excluding hydrogens is 226 g/mol. The minimum atomic E-state index is 0.197. The van der Waals surface area contributed by atoms with Crippen molar-refractivity contribution in [3.63, 3.8) is 0 Å². The second-order valence-corrected chi connectivity index (χ2v) is 5.76. The zero-order valence-corrected chi connectivity index (χ0v) is 11.4. The number of likely N-dealkylation sites (tertiary alicyclic amines) is 1. The van der Waals surface area contributed by atoms with Crippen LogP contribution in [-0.2, 0) is 4.79 Å². The second-order valence-electron chi connectivity index (χ2n) is 5.76. The first kappa shape index (κ1) is 13.8. The van der Waals surface area contributed by atoms with Crippen molar-refractivity contribution in [2.45, 2.75) is 63.5 Å². The van der Waals surface area contributed by atoms with Crippen LogP contribution in [0, 0.1) is 0 Å². The largest absolute Gasteiger partial charge is 0.352 e. The third-order valence-corrected chi connectivity index (χ3v) is 4.34. The zero-order chi connectivity index (χ0) is 12.8. The quantitative estimate of drug-likeness (QED) is 0.793. The molecule has 1 saturated heterocycles. The van der Waals surface area contributed by atoms with Gasteiger partial charge in [0.1, 0.15) is 0 Å². The number of rotatable bonds is 4. The van der Waals surface area contributed by atoms with Gasteiger partial charge in [-0.1, -0.05) is 25.7 Å². The van der Waals surface area contributed by atoms with Crippen molar-refractivity contribution in [1.82, 2.24) is 10.2 Å². The van der Waals surface area contributed by atoms with Gasteiger partial charge in [0.05, 0.1) is 6.54 Å². The van der Waals surface area contributed by atoms with E-state index in [2.05, 4.69) is 10.2 Å². The molecule has 1 aliphatic carbocycles. The van der Waals surface area contributed by atoms with E-state index in [1.54, 1.807) is 0 Å². The van der Waals surface area contributed by atoms with Gasteiger partial charge in [0.2, 0.25) is 5.91 Å². The van der Waals surface area contributed by atoms with E-state index in [4.69, 9.17) is 5.73 Å². The normalized spacial score (nSPS) is 27.1. The molecule has 1 unspecified atom stereocenters. The van der Waals surface area contributed by atoms with Crippen molar-refractivity contribution in [2.24, 2.45) is 5.73 Å². The number of hydrogen-bond donors (Lipinski definition) is 2. The van der Waals surface area contributed by atoms with Gasteiger partial charge in [-0.3, -0.25) is 9.69 Å². The Morgan fingerprint density at radius 1 is 1.11 bits per heavy atom. The maximum atomic E-state index is 12.0. The Bertz CT molecular complexity index is 264. The number of piperidine rings is 1. The van der Waals surface area contributed by atoms with Crippen molar-refractivity contribution in [1.29, 1.82) is 0 Å². The molecule has 0 spiro atoms. The molecule has 0 aromatic rings. The number of hydrogen-bond acceptors (Lipinski definition) is 3. The average molecular weight is 253 g/mol. The Kier molecular flexibility index (Phi) is 5.45. The van der Waals surface area contributed by atoms with Gasteiger partial charge in [-0.05, 0) is 32.2 Å². The highest BCUT2D eigenvalue weighted by Gasteiger charge is 2.24. The first-order valence-corrected chi connectivity index (χ1v) is 7.53. The van der Waals surface area contributed by atoms with Crippen molar-refractivity contribution >= 4 is 5.91 Å². The second kappa shape index (κ2) is 7.10. The van der Waals surface area contributed by atoms with E-state index in [0.29, 0.717) is 25.2 Å². The topological polar surface area (TPSA) is 58.4 Å². The molecule has 1 atom stereocenters. The monoisotopic (exact) mass is 253 g/mol. The van der Waals surface area contributed by atoms with Crippen LogP contribution in [0.25, 0.3) is 0 Å². The Morgan fingerprint density at radius 3 is 2.56 bits per heavy atom. The summed E-state index contributed by atoms with van der Waals surface area (Å²) < 4.78 is 0. The van der Waals surface area contributed by atoms with Crippen LogP contribution in [0.1, 0.15) is 51.4 Å². The molecule has 1 saturated carbocycles. The number of nitrogens with two attached hydrogens (primary N) is 1. The van der Waals surface area contributed by atoms with Crippen LogP contribution < -0.4 is 11.1 Å². The minimum Gasteiger partial charge on any atom is -0.352 e. The number of carbonyl (C=O) groups is 1. The molecule has 2 fully saturated rings. The maximum absolute atomic E-state index is 12.0. The Hall–Kier alpha value is -0.610. The lowest BCUT2D eigenvalue weighted by molar-refractivity contribution is -0.124. The maximum Gasteiger partial charge on any atom is 0.234 e. The molecule has 0 radical (unpaired) electrons. The summed E-state index contributed by atoms with van der Waals surface area (Å²) in [5.74, 6) is 0.197. The van der Waals surface area contributed by atoms with E-state index in [0.717, 1.165) is 25.8 Å². The summed E-state index contributed by atoms with van der Waals surface area (Å²) in [5, 5.41) is 3.19. The van der Waals surface area contributed by atoms with Crippen LogP contribution in [0.4, 0.5) is 0 Å². The summed E-state index contributed by atoms with van der Waals surface area (Å²) in [7, 11) is 0. The lowest BCUT2D eigenvalue weighted by Crippen LogP contribution is -2.50. The summed E-state index contributed by atoms with van der Waals surface area (Å²) in [6.45, 7) is 2.25. The van der Waals surface area contributed by atoms with E-state index >= 15 is 0 Å². The molecule has 1 amide bonds. The predicted molar refractivity (Wildman–Crippen MR) is 73.3 cm³/mol. The first-order chi connectivity index (χ1) is 8.79. The fourth-order valence-electron chi connectivity index (χ4n) is 3.24. The predicted octanol–water partition coefficient (Wildman–Crippen LogP) is 1.25. The number of carbonyl (C=O) groups excluding carboxylic acids is 1. The molecule has 4 nitrogen and oxygen atoms in total. The lowest BCUT2D eigenvalue weighted by atomic mass is 9.95. The molecule has 0 aromatic carbocycles. The van der Waals surface area contributed by atoms with Crippen molar-refractivity contribution in [2.75, 3.05) is 19.6 Å². The lowest BCUT2D eigenvalue weighted by Gasteiger charge is -2.35. The van der Waals surface area contributed by atoms with Crippen LogP contribution in [-0.4, -0.2) is 42.5 Å². The zero-order valence-electron chi connectivity index (χ0n) is 11.4. The van der Waals surface area contributed by atoms with Crippen LogP contribution in [0.2, 0.25) is 0 Å². The summed E-state index contributed by atoms with van der Waals surface area (Å²) in [5.41, 5.74) is 5.78. The molecule has 104 valence electrons. The van der Waals surface area contributed by atoms with Gasteiger partial charge in [-0.2, -0.15) is 0 Å². The summed E-state index contributed by atoms with van der Waals surface area (Å²) >= 11 is 0. The van der Waals surface area contributed by atoms with Crippen molar-refractivity contribution < 1.29 is 4.79 Å². The number of nitrogens with zero attached hydrogens (tertiary/aromatic N) is 1. The van der Waals surface area contributed by atoms with Gasteiger partial charge in [0, 0.05) is 18.6 Å². The van der Waals surface area contributed by atoms with E-state index < -0.39 is 0 Å². The molecule has 2 aliphatic rings. The highest BCUT2D eigenvalue weighted by Crippen LogP contribution is 2.18. The number of nitrogens with one attached hydrogen (secondary N) is 1. The first-order valence-electron chi connectivity index (χ1n) is 7.53. The highest BCUT2D eigenvalue weighted by molar-refractivity contribution is 5.78. The molecule has 4 heteroatoms. The minimum absolute atomic E-state index is 0.197. The van der Waals surface area contributed by atoms with E-state index in [9.17, 15) is 4.79 Å². The fourth-order valence-corrected chi connectivity index (χ4v) is 3.24. The van der Waals surface area contributed by atoms with Crippen LogP contribution in [0.15, 0.2) is 0 Å². The van der Waals surface area contributed by atoms with Gasteiger partial charge >= 0.3 is 0 Å². The van der Waals surface area contributed by atoms with Gasteiger partial charge in [-0.15, -0.1) is 0 Å². The molecule has 18 heavy (non-hydrogen) atoms. The van der Waals surface area contributed by atoms with Crippen molar-refractivity contribution in [3.8, 4) is 0 Å². The van der Waals surface area contributed by atoms with E-state index in [1.807, 2.05) is 0 Å². The standard InChI is InChI=1S/C14H27N3O/c15-10-13-8-4-5-9-17(13)11-14(18)16-12-6-2-1-3-7-12/h12-13H,1-11,15H2,(H,16,18). The summed E-state index contributed by atoms with van der Waals surface area (Å²) in [4.78, 5) is 14.3. The summed E-state index contributed by atoms with van der Waals surface area (Å²) in [6.07, 6.45) is 9.77.